The first kappa shape index (κ1) is 17.5. The predicted molar refractivity (Wildman–Crippen MR) is 98.1 cm³/mol. The van der Waals surface area contributed by atoms with E-state index in [1.165, 1.54) is 6.42 Å². The summed E-state index contributed by atoms with van der Waals surface area (Å²) >= 11 is 5.88. The van der Waals surface area contributed by atoms with Crippen molar-refractivity contribution in [2.75, 3.05) is 18.8 Å². The maximum atomic E-state index is 12.9. The monoisotopic (exact) mass is 363 g/mol. The van der Waals surface area contributed by atoms with E-state index in [4.69, 9.17) is 11.6 Å². The summed E-state index contributed by atoms with van der Waals surface area (Å²) in [6.07, 6.45) is 3.48. The number of benzene rings is 2. The number of hydrogen-bond donors (Lipinski definition) is 0. The van der Waals surface area contributed by atoms with E-state index >= 15 is 0 Å². The molecule has 1 aliphatic heterocycles. The van der Waals surface area contributed by atoms with Gasteiger partial charge in [-0.15, -0.1) is 0 Å². The van der Waals surface area contributed by atoms with Crippen LogP contribution in [0.2, 0.25) is 5.02 Å². The van der Waals surface area contributed by atoms with Crippen LogP contribution >= 0.6 is 11.6 Å². The zero-order chi connectivity index (χ0) is 17.0. The molecule has 1 fully saturated rings. The van der Waals surface area contributed by atoms with Crippen LogP contribution in [0.25, 0.3) is 0 Å². The van der Waals surface area contributed by atoms with Gasteiger partial charge in [-0.25, -0.2) is 8.42 Å². The van der Waals surface area contributed by atoms with Crippen LogP contribution in [0, 0.1) is 0 Å². The Kier molecular flexibility index (Phi) is 5.59. The molecule has 0 N–H and O–H groups in total. The van der Waals surface area contributed by atoms with E-state index in [2.05, 4.69) is 4.90 Å². The molecule has 1 atom stereocenters. The van der Waals surface area contributed by atoms with E-state index in [0.717, 1.165) is 31.5 Å². The molecule has 0 amide bonds. The summed E-state index contributed by atoms with van der Waals surface area (Å²) in [4.78, 5) is 2.65. The average Bonchev–Trinajstić information content (AvgIpc) is 2.62. The van der Waals surface area contributed by atoms with Crippen LogP contribution in [0.3, 0.4) is 0 Å². The molecule has 1 heterocycles. The largest absolute Gasteiger partial charge is 0.295 e. The molecule has 2 aromatic rings. The van der Waals surface area contributed by atoms with Crippen molar-refractivity contribution in [3.63, 3.8) is 0 Å². The fraction of sp³-hybridized carbons (Fsp3) is 0.368. The van der Waals surface area contributed by atoms with Gasteiger partial charge >= 0.3 is 0 Å². The third kappa shape index (κ3) is 4.18. The predicted octanol–water partition coefficient (Wildman–Crippen LogP) is 4.34. The van der Waals surface area contributed by atoms with Crippen LogP contribution in [0.5, 0.6) is 0 Å². The maximum absolute atomic E-state index is 12.9. The lowest BCUT2D eigenvalue weighted by Crippen LogP contribution is -2.37. The first-order valence-corrected chi connectivity index (χ1v) is 10.4. The van der Waals surface area contributed by atoms with Gasteiger partial charge in [0.2, 0.25) is 0 Å². The third-order valence-corrected chi connectivity index (χ3v) is 6.56. The van der Waals surface area contributed by atoms with Crippen LogP contribution in [-0.2, 0) is 9.84 Å². The summed E-state index contributed by atoms with van der Waals surface area (Å²) in [6, 6.07) is 16.3. The lowest BCUT2D eigenvalue weighted by atomic mass is 10.0. The highest BCUT2D eigenvalue weighted by molar-refractivity contribution is 7.91. The van der Waals surface area contributed by atoms with Crippen LogP contribution in [0.15, 0.2) is 59.5 Å². The SMILES string of the molecule is O=S(=O)(C[C@H](c1ccccc1)N1CCCCC1)c1ccc(Cl)cc1. The highest BCUT2D eigenvalue weighted by Gasteiger charge is 2.28. The second kappa shape index (κ2) is 7.68. The highest BCUT2D eigenvalue weighted by Crippen LogP contribution is 2.28. The molecular weight excluding hydrogens is 342 g/mol. The first-order valence-electron chi connectivity index (χ1n) is 8.33. The van der Waals surface area contributed by atoms with Gasteiger partial charge in [0.05, 0.1) is 10.6 Å². The van der Waals surface area contributed by atoms with Gasteiger partial charge in [-0.05, 0) is 55.8 Å². The topological polar surface area (TPSA) is 37.4 Å². The van der Waals surface area contributed by atoms with Gasteiger partial charge in [0, 0.05) is 11.1 Å². The lowest BCUT2D eigenvalue weighted by molar-refractivity contribution is 0.176. The Bertz CT molecular complexity index is 754. The Hall–Kier alpha value is -1.36. The van der Waals surface area contributed by atoms with Crippen molar-refractivity contribution in [2.24, 2.45) is 0 Å². The van der Waals surface area contributed by atoms with Crippen molar-refractivity contribution in [3.05, 3.63) is 65.2 Å². The molecule has 3 rings (SSSR count). The molecule has 2 aromatic carbocycles. The van der Waals surface area contributed by atoms with Gasteiger partial charge in [0.15, 0.2) is 9.84 Å². The number of likely N-dealkylation sites (tertiary alicyclic amines) is 1. The lowest BCUT2D eigenvalue weighted by Gasteiger charge is -2.34. The number of sulfone groups is 1. The Morgan fingerprint density at radius 3 is 2.17 bits per heavy atom. The van der Waals surface area contributed by atoms with E-state index in [1.54, 1.807) is 24.3 Å². The van der Waals surface area contributed by atoms with Crippen molar-refractivity contribution < 1.29 is 8.42 Å². The summed E-state index contributed by atoms with van der Waals surface area (Å²) in [7, 11) is -3.37. The van der Waals surface area contributed by atoms with E-state index in [9.17, 15) is 8.42 Å². The number of nitrogens with zero attached hydrogens (tertiary/aromatic N) is 1. The van der Waals surface area contributed by atoms with E-state index in [-0.39, 0.29) is 11.8 Å². The number of halogens is 1. The van der Waals surface area contributed by atoms with Gasteiger partial charge in [-0.3, -0.25) is 4.90 Å². The number of hydrogen-bond acceptors (Lipinski definition) is 3. The van der Waals surface area contributed by atoms with Crippen LogP contribution in [0.4, 0.5) is 0 Å². The number of piperidine rings is 1. The normalized spacial score (nSPS) is 17.5. The van der Waals surface area contributed by atoms with E-state index in [1.807, 2.05) is 30.3 Å². The summed E-state index contributed by atoms with van der Waals surface area (Å²) in [6.45, 7) is 1.91. The zero-order valence-electron chi connectivity index (χ0n) is 13.6. The first-order chi connectivity index (χ1) is 11.6. The molecule has 128 valence electrons. The molecule has 0 saturated carbocycles. The van der Waals surface area contributed by atoms with Gasteiger partial charge in [-0.2, -0.15) is 0 Å². The molecule has 0 unspecified atom stereocenters. The Morgan fingerprint density at radius 1 is 0.917 bits per heavy atom. The van der Waals surface area contributed by atoms with Gasteiger partial charge in [0.25, 0.3) is 0 Å². The molecule has 0 bridgehead atoms. The van der Waals surface area contributed by atoms with Crippen molar-refractivity contribution in [1.29, 1.82) is 0 Å². The maximum Gasteiger partial charge on any atom is 0.180 e. The van der Waals surface area contributed by atoms with E-state index < -0.39 is 9.84 Å². The van der Waals surface area contributed by atoms with Gasteiger partial charge in [0.1, 0.15) is 0 Å². The summed E-state index contributed by atoms with van der Waals surface area (Å²) in [5.74, 6) is 0.0959. The van der Waals surface area contributed by atoms with Crippen molar-refractivity contribution >= 4 is 21.4 Å². The number of rotatable bonds is 5. The van der Waals surface area contributed by atoms with Crippen molar-refractivity contribution in [1.82, 2.24) is 4.90 Å². The molecule has 5 heteroatoms. The fourth-order valence-electron chi connectivity index (χ4n) is 3.26. The van der Waals surface area contributed by atoms with Gasteiger partial charge < -0.3 is 0 Å². The summed E-state index contributed by atoms with van der Waals surface area (Å²) < 4.78 is 25.8. The standard InChI is InChI=1S/C19H22ClNO2S/c20-17-9-11-18(12-10-17)24(22,23)15-19(16-7-3-1-4-8-16)21-13-5-2-6-14-21/h1,3-4,7-12,19H,2,5-6,13-15H2/t19-/m1/s1. The zero-order valence-corrected chi connectivity index (χ0v) is 15.1. The van der Waals surface area contributed by atoms with Crippen molar-refractivity contribution in [2.45, 2.75) is 30.2 Å². The molecule has 24 heavy (non-hydrogen) atoms. The molecule has 3 nitrogen and oxygen atoms in total. The van der Waals surface area contributed by atoms with Gasteiger partial charge in [-0.1, -0.05) is 48.4 Å². The second-order valence-electron chi connectivity index (χ2n) is 6.26. The Labute approximate surface area is 149 Å². The smallest absolute Gasteiger partial charge is 0.180 e. The molecule has 0 aliphatic carbocycles. The highest BCUT2D eigenvalue weighted by atomic mass is 35.5. The third-order valence-electron chi connectivity index (χ3n) is 4.57. The van der Waals surface area contributed by atoms with E-state index in [0.29, 0.717) is 9.92 Å². The average molecular weight is 364 g/mol. The van der Waals surface area contributed by atoms with Crippen LogP contribution in [-0.4, -0.2) is 32.2 Å². The molecule has 1 aliphatic rings. The minimum Gasteiger partial charge on any atom is -0.295 e. The minimum absolute atomic E-state index is 0.0959. The Balaban J connectivity index is 1.89. The second-order valence-corrected chi connectivity index (χ2v) is 8.73. The summed E-state index contributed by atoms with van der Waals surface area (Å²) in [5, 5.41) is 0.546. The van der Waals surface area contributed by atoms with Crippen LogP contribution in [0.1, 0.15) is 30.9 Å². The minimum atomic E-state index is -3.37. The quantitative estimate of drug-likeness (QED) is 0.792. The Morgan fingerprint density at radius 2 is 1.54 bits per heavy atom. The molecule has 1 saturated heterocycles. The summed E-state index contributed by atoms with van der Waals surface area (Å²) in [5.41, 5.74) is 1.07. The van der Waals surface area contributed by atoms with Crippen LogP contribution < -0.4 is 0 Å². The van der Waals surface area contributed by atoms with Crippen molar-refractivity contribution in [3.8, 4) is 0 Å². The molecule has 0 aromatic heterocycles. The molecule has 0 spiro atoms. The molecular formula is C19H22ClNO2S. The fourth-order valence-corrected chi connectivity index (χ4v) is 4.95. The molecule has 0 radical (unpaired) electrons.